The first kappa shape index (κ1) is 14.2. The van der Waals surface area contributed by atoms with Crippen LogP contribution in [-0.2, 0) is 0 Å². The maximum Gasteiger partial charge on any atom is 0.0193 e. The summed E-state index contributed by atoms with van der Waals surface area (Å²) in [6.45, 7) is 9.06. The molecule has 1 nitrogen and oxygen atoms in total. The summed E-state index contributed by atoms with van der Waals surface area (Å²) < 4.78 is 0. The first-order valence-corrected chi connectivity index (χ1v) is 6.95. The van der Waals surface area contributed by atoms with Gasteiger partial charge in [-0.1, -0.05) is 42.9 Å². The van der Waals surface area contributed by atoms with Crippen LogP contribution in [0.5, 0.6) is 0 Å². The number of allylic oxidation sites excluding steroid dienone is 5. The number of hydrogen-bond acceptors (Lipinski definition) is 1. The Balaban J connectivity index is 2.32. The van der Waals surface area contributed by atoms with Gasteiger partial charge in [-0.3, -0.25) is 4.90 Å². The van der Waals surface area contributed by atoms with E-state index in [1.54, 1.807) is 0 Å². The van der Waals surface area contributed by atoms with Crippen LogP contribution in [0.25, 0.3) is 0 Å². The van der Waals surface area contributed by atoms with E-state index in [9.17, 15) is 0 Å². The number of hydrogen-bond donors (Lipinski definition) is 0. The molecule has 96 valence electrons. The van der Waals surface area contributed by atoms with Gasteiger partial charge in [0, 0.05) is 12.6 Å². The van der Waals surface area contributed by atoms with Crippen molar-refractivity contribution in [2.75, 3.05) is 13.1 Å². The molecule has 0 aromatic rings. The van der Waals surface area contributed by atoms with E-state index in [0.717, 1.165) is 19.0 Å². The first-order valence-electron chi connectivity index (χ1n) is 6.95. The summed E-state index contributed by atoms with van der Waals surface area (Å²) in [6, 6.07) is 0.830. The quantitative estimate of drug-likeness (QED) is 0.487. The van der Waals surface area contributed by atoms with Gasteiger partial charge in [-0.15, -0.1) is 0 Å². The minimum atomic E-state index is 0.830. The minimum Gasteiger partial charge on any atom is -0.296 e. The zero-order chi connectivity index (χ0) is 12.5. The smallest absolute Gasteiger partial charge is 0.0193 e. The maximum absolute atomic E-state index is 2.64. The molecule has 0 amide bonds. The molecule has 1 atom stereocenters. The average Bonchev–Trinajstić information content (AvgIpc) is 2.76. The Morgan fingerprint density at radius 3 is 2.88 bits per heavy atom. The topological polar surface area (TPSA) is 3.24 Å². The lowest BCUT2D eigenvalue weighted by Gasteiger charge is -2.23. The van der Waals surface area contributed by atoms with Crippen LogP contribution in [0.4, 0.5) is 0 Å². The van der Waals surface area contributed by atoms with Crippen LogP contribution in [0, 0.1) is 0 Å². The normalized spacial score (nSPS) is 23.2. The van der Waals surface area contributed by atoms with Crippen molar-refractivity contribution >= 4 is 0 Å². The van der Waals surface area contributed by atoms with Crippen LogP contribution in [0.1, 0.15) is 46.5 Å². The third-order valence-electron chi connectivity index (χ3n) is 3.46. The number of rotatable bonds is 6. The van der Waals surface area contributed by atoms with Gasteiger partial charge in [-0.2, -0.15) is 0 Å². The van der Waals surface area contributed by atoms with Crippen LogP contribution >= 0.6 is 0 Å². The van der Waals surface area contributed by atoms with Crippen molar-refractivity contribution < 1.29 is 0 Å². The highest BCUT2D eigenvalue weighted by molar-refractivity contribution is 5.08. The predicted octanol–water partition coefficient (Wildman–Crippen LogP) is 4.33. The average molecular weight is 233 g/mol. The van der Waals surface area contributed by atoms with Gasteiger partial charge < -0.3 is 0 Å². The Labute approximate surface area is 107 Å². The van der Waals surface area contributed by atoms with E-state index >= 15 is 0 Å². The van der Waals surface area contributed by atoms with Gasteiger partial charge in [-0.05, 0) is 46.1 Å². The molecule has 1 aliphatic heterocycles. The van der Waals surface area contributed by atoms with Crippen molar-refractivity contribution in [2.45, 2.75) is 52.5 Å². The van der Waals surface area contributed by atoms with Crippen LogP contribution in [0.2, 0.25) is 0 Å². The van der Waals surface area contributed by atoms with Gasteiger partial charge in [-0.25, -0.2) is 0 Å². The summed E-state index contributed by atoms with van der Waals surface area (Å²) in [5.41, 5.74) is 1.51. The van der Waals surface area contributed by atoms with E-state index in [1.807, 2.05) is 6.92 Å². The molecule has 0 saturated carbocycles. The fourth-order valence-corrected chi connectivity index (χ4v) is 2.49. The Hall–Kier alpha value is -0.820. The summed E-state index contributed by atoms with van der Waals surface area (Å²) >= 11 is 0. The molecule has 0 bridgehead atoms. The van der Waals surface area contributed by atoms with Gasteiger partial charge >= 0.3 is 0 Å². The van der Waals surface area contributed by atoms with Gasteiger partial charge in [0.2, 0.25) is 0 Å². The second-order valence-electron chi connectivity index (χ2n) is 4.91. The Morgan fingerprint density at radius 1 is 1.35 bits per heavy atom. The number of nitrogens with zero attached hydrogens (tertiary/aromatic N) is 1. The molecule has 1 saturated heterocycles. The van der Waals surface area contributed by atoms with E-state index in [-0.39, 0.29) is 0 Å². The van der Waals surface area contributed by atoms with E-state index in [0.29, 0.717) is 0 Å². The molecule has 17 heavy (non-hydrogen) atoms. The van der Waals surface area contributed by atoms with Crippen LogP contribution < -0.4 is 0 Å². The van der Waals surface area contributed by atoms with Gasteiger partial charge in [0.1, 0.15) is 0 Å². The van der Waals surface area contributed by atoms with E-state index in [4.69, 9.17) is 0 Å². The summed E-state index contributed by atoms with van der Waals surface area (Å²) in [5.74, 6) is 0. The molecule has 1 aliphatic rings. The Bertz CT molecular complexity index is 286. The summed E-state index contributed by atoms with van der Waals surface area (Å²) in [7, 11) is 0. The van der Waals surface area contributed by atoms with Crippen LogP contribution in [0.15, 0.2) is 36.0 Å². The van der Waals surface area contributed by atoms with Crippen molar-refractivity contribution in [3.8, 4) is 0 Å². The molecule has 0 aromatic heterocycles. The highest BCUT2D eigenvalue weighted by atomic mass is 15.2. The third-order valence-corrected chi connectivity index (χ3v) is 3.46. The number of likely N-dealkylation sites (tertiary alicyclic amines) is 1. The first-order chi connectivity index (χ1) is 8.27. The second-order valence-corrected chi connectivity index (χ2v) is 4.91. The van der Waals surface area contributed by atoms with E-state index in [1.165, 1.54) is 31.4 Å². The second kappa shape index (κ2) is 8.30. The molecule has 1 fully saturated rings. The largest absolute Gasteiger partial charge is 0.296 e. The summed E-state index contributed by atoms with van der Waals surface area (Å²) in [4.78, 5) is 2.64. The molecule has 1 heteroatoms. The summed E-state index contributed by atoms with van der Waals surface area (Å²) in [5, 5.41) is 0. The molecule has 1 rings (SSSR count). The van der Waals surface area contributed by atoms with Crippen molar-refractivity contribution in [3.05, 3.63) is 36.0 Å². The van der Waals surface area contributed by atoms with Crippen molar-refractivity contribution in [3.63, 3.8) is 0 Å². The minimum absolute atomic E-state index is 0.830. The van der Waals surface area contributed by atoms with Gasteiger partial charge in [0.25, 0.3) is 0 Å². The van der Waals surface area contributed by atoms with Crippen molar-refractivity contribution in [1.82, 2.24) is 4.90 Å². The predicted molar refractivity (Wildman–Crippen MR) is 77.2 cm³/mol. The highest BCUT2D eigenvalue weighted by Gasteiger charge is 2.22. The zero-order valence-electron chi connectivity index (χ0n) is 11.7. The molecule has 0 aromatic carbocycles. The molecular weight excluding hydrogens is 206 g/mol. The molecule has 0 radical (unpaired) electrons. The van der Waals surface area contributed by atoms with E-state index < -0.39 is 0 Å². The Kier molecular flexibility index (Phi) is 6.95. The molecule has 0 spiro atoms. The fourth-order valence-electron chi connectivity index (χ4n) is 2.49. The lowest BCUT2D eigenvalue weighted by atomic mass is 10.1. The molecule has 1 unspecified atom stereocenters. The standard InChI is InChI=1S/C16H27N/c1-4-6-7-8-9-11-15(3)14-17-13-10-12-16(17)5-2/h4,6-8,11,16H,5,9-10,12-14H2,1-3H3/b6-4-,8-7?,15-11+. The monoisotopic (exact) mass is 233 g/mol. The molecule has 1 heterocycles. The van der Waals surface area contributed by atoms with Crippen molar-refractivity contribution in [1.29, 1.82) is 0 Å². The SMILES string of the molecule is C/C=C\C=CC/C=C(\C)CN1CCCC1CC. The van der Waals surface area contributed by atoms with E-state index in [2.05, 4.69) is 49.1 Å². The lowest BCUT2D eigenvalue weighted by Crippen LogP contribution is -2.30. The van der Waals surface area contributed by atoms with Crippen LogP contribution in [0.3, 0.4) is 0 Å². The highest BCUT2D eigenvalue weighted by Crippen LogP contribution is 2.20. The van der Waals surface area contributed by atoms with Gasteiger partial charge in [0.05, 0.1) is 0 Å². The molecule has 0 aliphatic carbocycles. The zero-order valence-corrected chi connectivity index (χ0v) is 11.7. The fraction of sp³-hybridized carbons (Fsp3) is 0.625. The van der Waals surface area contributed by atoms with Crippen molar-refractivity contribution in [2.24, 2.45) is 0 Å². The maximum atomic E-state index is 2.64. The Morgan fingerprint density at radius 2 is 2.18 bits per heavy atom. The molecular formula is C16H27N. The van der Waals surface area contributed by atoms with Crippen LogP contribution in [-0.4, -0.2) is 24.0 Å². The van der Waals surface area contributed by atoms with Gasteiger partial charge in [0.15, 0.2) is 0 Å². The summed E-state index contributed by atoms with van der Waals surface area (Å²) in [6.07, 6.45) is 16.0. The molecule has 0 N–H and O–H groups in total. The lowest BCUT2D eigenvalue weighted by molar-refractivity contribution is 0.269. The third kappa shape index (κ3) is 5.36.